The number of quaternary nitrogens is 1. The van der Waals surface area contributed by atoms with Crippen molar-refractivity contribution in [2.75, 3.05) is 27.2 Å². The first-order valence-corrected chi connectivity index (χ1v) is 8.93. The van der Waals surface area contributed by atoms with Gasteiger partial charge in [0.15, 0.2) is 0 Å². The molecule has 0 radical (unpaired) electrons. The molecule has 0 heterocycles. The molecule has 0 aliphatic carbocycles. The molecule has 0 amide bonds. The van der Waals surface area contributed by atoms with E-state index in [0.717, 1.165) is 67.0 Å². The fourth-order valence-electron chi connectivity index (χ4n) is 3.06. The SMILES string of the molecule is C[N+](C)(CCCc1ccc(C=O)cc1)CCCc1ccc(C=O)cc1. The van der Waals surface area contributed by atoms with Gasteiger partial charge in [-0.2, -0.15) is 0 Å². The first-order chi connectivity index (χ1) is 12.0. The molecule has 3 heteroatoms. The Kier molecular flexibility index (Phi) is 7.08. The van der Waals surface area contributed by atoms with Gasteiger partial charge >= 0.3 is 0 Å². The predicted octanol–water partition coefficient (Wildman–Crippen LogP) is 3.95. The van der Waals surface area contributed by atoms with E-state index >= 15 is 0 Å². The fourth-order valence-corrected chi connectivity index (χ4v) is 3.06. The van der Waals surface area contributed by atoms with Crippen LogP contribution in [0.3, 0.4) is 0 Å². The van der Waals surface area contributed by atoms with Gasteiger partial charge in [0.2, 0.25) is 0 Å². The first-order valence-electron chi connectivity index (χ1n) is 8.93. The number of aryl methyl sites for hydroxylation is 2. The zero-order valence-electron chi connectivity index (χ0n) is 15.3. The van der Waals surface area contributed by atoms with E-state index in [1.165, 1.54) is 11.1 Å². The van der Waals surface area contributed by atoms with Crippen LogP contribution in [0.4, 0.5) is 0 Å². The van der Waals surface area contributed by atoms with Gasteiger partial charge in [-0.1, -0.05) is 48.5 Å². The lowest BCUT2D eigenvalue weighted by atomic mass is 10.1. The summed E-state index contributed by atoms with van der Waals surface area (Å²) in [5.41, 5.74) is 4.06. The van der Waals surface area contributed by atoms with Gasteiger partial charge < -0.3 is 4.48 Å². The van der Waals surface area contributed by atoms with Crippen molar-refractivity contribution in [3.63, 3.8) is 0 Å². The number of aldehydes is 2. The van der Waals surface area contributed by atoms with Crippen molar-refractivity contribution in [3.05, 3.63) is 70.8 Å². The number of hydrogen-bond acceptors (Lipinski definition) is 2. The van der Waals surface area contributed by atoms with Gasteiger partial charge in [-0.05, 0) is 24.0 Å². The van der Waals surface area contributed by atoms with Crippen LogP contribution in [0.15, 0.2) is 48.5 Å². The number of nitrogens with zero attached hydrogens (tertiary/aromatic N) is 1. The van der Waals surface area contributed by atoms with Crippen LogP contribution in [0.25, 0.3) is 0 Å². The second-order valence-corrected chi connectivity index (χ2v) is 7.31. The molecular formula is C22H28NO2+. The first kappa shape index (κ1) is 19.1. The lowest BCUT2D eigenvalue weighted by Gasteiger charge is -2.30. The molecule has 0 N–H and O–H groups in total. The van der Waals surface area contributed by atoms with E-state index < -0.39 is 0 Å². The van der Waals surface area contributed by atoms with Gasteiger partial charge in [0.05, 0.1) is 27.2 Å². The predicted molar refractivity (Wildman–Crippen MR) is 102 cm³/mol. The Morgan fingerprint density at radius 2 is 1.04 bits per heavy atom. The van der Waals surface area contributed by atoms with Crippen LogP contribution < -0.4 is 0 Å². The maximum Gasteiger partial charge on any atom is 0.150 e. The average Bonchev–Trinajstić information content (AvgIpc) is 2.62. The van der Waals surface area contributed by atoms with E-state index in [9.17, 15) is 9.59 Å². The van der Waals surface area contributed by atoms with Crippen molar-refractivity contribution < 1.29 is 14.1 Å². The zero-order valence-corrected chi connectivity index (χ0v) is 15.3. The summed E-state index contributed by atoms with van der Waals surface area (Å²) >= 11 is 0. The molecule has 0 aliphatic rings. The summed E-state index contributed by atoms with van der Waals surface area (Å²) in [4.78, 5) is 21.4. The third-order valence-corrected chi connectivity index (χ3v) is 4.69. The van der Waals surface area contributed by atoms with Gasteiger partial charge in [0.1, 0.15) is 12.6 Å². The lowest BCUT2D eigenvalue weighted by molar-refractivity contribution is -0.890. The molecule has 0 bridgehead atoms. The number of rotatable bonds is 10. The van der Waals surface area contributed by atoms with Gasteiger partial charge in [-0.25, -0.2) is 0 Å². The van der Waals surface area contributed by atoms with E-state index in [1.807, 2.05) is 48.5 Å². The second kappa shape index (κ2) is 9.28. The summed E-state index contributed by atoms with van der Waals surface area (Å²) in [7, 11) is 4.57. The molecule has 0 spiro atoms. The molecular weight excluding hydrogens is 310 g/mol. The molecule has 25 heavy (non-hydrogen) atoms. The molecule has 2 aromatic rings. The maximum atomic E-state index is 10.7. The molecule has 2 rings (SSSR count). The van der Waals surface area contributed by atoms with Crippen LogP contribution in [-0.2, 0) is 12.8 Å². The van der Waals surface area contributed by atoms with Gasteiger partial charge in [0.25, 0.3) is 0 Å². The molecule has 0 aromatic heterocycles. The highest BCUT2D eigenvalue weighted by atomic mass is 16.1. The Balaban J connectivity index is 1.70. The van der Waals surface area contributed by atoms with E-state index in [2.05, 4.69) is 14.1 Å². The van der Waals surface area contributed by atoms with Crippen LogP contribution in [0.2, 0.25) is 0 Å². The molecule has 132 valence electrons. The van der Waals surface area contributed by atoms with Crippen molar-refractivity contribution in [1.29, 1.82) is 0 Å². The number of carbonyl (C=O) groups excluding carboxylic acids is 2. The summed E-state index contributed by atoms with van der Waals surface area (Å²) in [5, 5.41) is 0. The Labute approximate surface area is 150 Å². The maximum absolute atomic E-state index is 10.7. The van der Waals surface area contributed by atoms with Crippen LogP contribution in [0, 0.1) is 0 Å². The average molecular weight is 338 g/mol. The van der Waals surface area contributed by atoms with E-state index in [0.29, 0.717) is 0 Å². The highest BCUT2D eigenvalue weighted by Crippen LogP contribution is 2.11. The Hall–Kier alpha value is -2.26. The summed E-state index contributed by atoms with van der Waals surface area (Å²) < 4.78 is 1.01. The van der Waals surface area contributed by atoms with Crippen molar-refractivity contribution in [1.82, 2.24) is 0 Å². The minimum absolute atomic E-state index is 0.737. The monoisotopic (exact) mass is 338 g/mol. The minimum atomic E-state index is 0.737. The smallest absolute Gasteiger partial charge is 0.150 e. The molecule has 0 aliphatic heterocycles. The third-order valence-electron chi connectivity index (χ3n) is 4.69. The molecule has 0 fully saturated rings. The summed E-state index contributed by atoms with van der Waals surface area (Å²) in [5.74, 6) is 0. The Morgan fingerprint density at radius 1 is 0.680 bits per heavy atom. The summed E-state index contributed by atoms with van der Waals surface area (Å²) in [6.45, 7) is 2.28. The highest BCUT2D eigenvalue weighted by molar-refractivity contribution is 5.75. The Bertz CT molecular complexity index is 613. The fraction of sp³-hybridized carbons (Fsp3) is 0.364. The van der Waals surface area contributed by atoms with Crippen LogP contribution in [-0.4, -0.2) is 44.2 Å². The normalized spacial score (nSPS) is 11.3. The van der Waals surface area contributed by atoms with Crippen molar-refractivity contribution >= 4 is 12.6 Å². The van der Waals surface area contributed by atoms with Crippen LogP contribution in [0.5, 0.6) is 0 Å². The minimum Gasteiger partial charge on any atom is -0.328 e. The van der Waals surface area contributed by atoms with E-state index in [1.54, 1.807) is 0 Å². The van der Waals surface area contributed by atoms with Crippen molar-refractivity contribution in [2.24, 2.45) is 0 Å². The van der Waals surface area contributed by atoms with E-state index in [4.69, 9.17) is 0 Å². The van der Waals surface area contributed by atoms with Crippen LogP contribution >= 0.6 is 0 Å². The summed E-state index contributed by atoms with van der Waals surface area (Å²) in [6.07, 6.45) is 6.15. The number of hydrogen-bond donors (Lipinski definition) is 0. The van der Waals surface area contributed by atoms with E-state index in [-0.39, 0.29) is 0 Å². The lowest BCUT2D eigenvalue weighted by Crippen LogP contribution is -2.41. The highest BCUT2D eigenvalue weighted by Gasteiger charge is 2.14. The summed E-state index contributed by atoms with van der Waals surface area (Å²) in [6, 6.07) is 15.7. The standard InChI is InChI=1S/C22H28NO2/c1-23(2,15-3-5-19-7-11-21(17-24)12-8-19)16-4-6-20-9-13-22(18-25)14-10-20/h7-14,17-18H,3-6,15-16H2,1-2H3/q+1. The second-order valence-electron chi connectivity index (χ2n) is 7.31. The largest absolute Gasteiger partial charge is 0.328 e. The van der Waals surface area contributed by atoms with Crippen LogP contribution in [0.1, 0.15) is 44.7 Å². The number of benzene rings is 2. The molecule has 0 atom stereocenters. The topological polar surface area (TPSA) is 34.1 Å². The zero-order chi connectivity index (χ0) is 18.1. The Morgan fingerprint density at radius 3 is 1.36 bits per heavy atom. The molecule has 0 saturated heterocycles. The van der Waals surface area contributed by atoms with Crippen molar-refractivity contribution in [2.45, 2.75) is 25.7 Å². The molecule has 2 aromatic carbocycles. The quantitative estimate of drug-likeness (QED) is 0.485. The van der Waals surface area contributed by atoms with Crippen molar-refractivity contribution in [3.8, 4) is 0 Å². The molecule has 0 unspecified atom stereocenters. The van der Waals surface area contributed by atoms with Gasteiger partial charge in [0, 0.05) is 24.0 Å². The number of carbonyl (C=O) groups is 2. The third kappa shape index (κ3) is 6.63. The molecule has 3 nitrogen and oxygen atoms in total. The van der Waals surface area contributed by atoms with Gasteiger partial charge in [-0.3, -0.25) is 9.59 Å². The molecule has 0 saturated carbocycles. The van der Waals surface area contributed by atoms with Gasteiger partial charge in [-0.15, -0.1) is 0 Å².